The Labute approximate surface area is 166 Å². The molecule has 6 nitrogen and oxygen atoms in total. The normalized spacial score (nSPS) is 11.1. The lowest BCUT2D eigenvalue weighted by molar-refractivity contribution is -0.122. The minimum atomic E-state index is -0.709. The molecule has 1 heterocycles. The topological polar surface area (TPSA) is 98.8 Å². The van der Waals surface area contributed by atoms with E-state index >= 15 is 0 Å². The van der Waals surface area contributed by atoms with Gasteiger partial charge >= 0.3 is 0 Å². The van der Waals surface area contributed by atoms with E-state index in [4.69, 9.17) is 15.3 Å². The number of hydrogen-bond acceptors (Lipinski definition) is 6. The molecule has 0 aliphatic rings. The number of amides is 1. The molecule has 7 heteroatoms. The number of carbonyl (C=O) groups is 1. The highest BCUT2D eigenvalue weighted by Gasteiger charge is 2.16. The fourth-order valence-electron chi connectivity index (χ4n) is 2.42. The number of nitriles is 2. The second-order valence-corrected chi connectivity index (χ2v) is 7.12. The lowest BCUT2D eigenvalue weighted by Crippen LogP contribution is -2.30. The van der Waals surface area contributed by atoms with Gasteiger partial charge in [-0.2, -0.15) is 10.5 Å². The number of ether oxygens (including phenoxy) is 1. The molecule has 1 aromatic heterocycles. The summed E-state index contributed by atoms with van der Waals surface area (Å²) in [5.41, 5.74) is 2.22. The molecule has 0 fully saturated rings. The molecule has 0 radical (unpaired) electrons. The Balaban J connectivity index is 1.56. The first-order valence-electron chi connectivity index (χ1n) is 8.49. The first kappa shape index (κ1) is 19.1. The summed E-state index contributed by atoms with van der Waals surface area (Å²) >= 11 is 1.39. The number of hydrogen-bond donors (Lipinski definition) is 1. The fraction of sp³-hybridized carbons (Fsp3) is 0.143. The van der Waals surface area contributed by atoms with Crippen LogP contribution in [0.15, 0.2) is 54.7 Å². The number of rotatable bonds is 6. The number of nitrogens with one attached hydrogen (secondary N) is 1. The number of anilines is 1. The number of carbonyl (C=O) groups excluding carboxylic acids is 1. The molecule has 0 aliphatic heterocycles. The van der Waals surface area contributed by atoms with Crippen molar-refractivity contribution in [1.82, 2.24) is 4.98 Å². The van der Waals surface area contributed by atoms with Crippen molar-refractivity contribution in [3.63, 3.8) is 0 Å². The first-order valence-corrected chi connectivity index (χ1v) is 9.30. The van der Waals surface area contributed by atoms with Crippen LogP contribution in [0.5, 0.6) is 5.75 Å². The van der Waals surface area contributed by atoms with Crippen LogP contribution in [0.1, 0.15) is 28.5 Å². The quantitative estimate of drug-likeness (QED) is 0.691. The van der Waals surface area contributed by atoms with Gasteiger partial charge < -0.3 is 4.74 Å². The average molecular weight is 388 g/mol. The molecule has 1 atom stereocenters. The van der Waals surface area contributed by atoms with E-state index in [9.17, 15) is 4.79 Å². The van der Waals surface area contributed by atoms with Crippen molar-refractivity contribution in [2.24, 2.45) is 0 Å². The minimum absolute atomic E-state index is 0.302. The summed E-state index contributed by atoms with van der Waals surface area (Å²) in [6, 6.07) is 18.1. The van der Waals surface area contributed by atoms with Crippen LogP contribution in [0.25, 0.3) is 0 Å². The Morgan fingerprint density at radius 2 is 1.71 bits per heavy atom. The van der Waals surface area contributed by atoms with Crippen LogP contribution >= 0.6 is 11.3 Å². The van der Waals surface area contributed by atoms with Crippen LogP contribution in [-0.2, 0) is 11.2 Å². The Morgan fingerprint density at radius 1 is 1.11 bits per heavy atom. The zero-order valence-electron chi connectivity index (χ0n) is 15.0. The summed E-state index contributed by atoms with van der Waals surface area (Å²) in [5.74, 6) is 0.214. The highest BCUT2D eigenvalue weighted by molar-refractivity contribution is 7.15. The van der Waals surface area contributed by atoms with Gasteiger partial charge in [-0.25, -0.2) is 4.98 Å². The van der Waals surface area contributed by atoms with E-state index in [0.29, 0.717) is 28.4 Å². The van der Waals surface area contributed by atoms with Gasteiger partial charge in [0.25, 0.3) is 5.91 Å². The van der Waals surface area contributed by atoms with E-state index in [0.717, 1.165) is 10.4 Å². The highest BCUT2D eigenvalue weighted by Crippen LogP contribution is 2.22. The standard InChI is InChI=1S/C21H16N4O2S/c1-14(27-18-8-6-17(12-23)7-9-18)20(26)25-21-24-13-19(28-21)10-15-2-4-16(11-22)5-3-15/h2-9,13-14H,10H2,1H3,(H,24,25,26). The van der Waals surface area contributed by atoms with Crippen molar-refractivity contribution >= 4 is 22.4 Å². The van der Waals surface area contributed by atoms with Crippen molar-refractivity contribution in [3.05, 3.63) is 76.3 Å². The predicted molar refractivity (Wildman–Crippen MR) is 106 cm³/mol. The van der Waals surface area contributed by atoms with Gasteiger partial charge in [-0.05, 0) is 48.9 Å². The summed E-state index contributed by atoms with van der Waals surface area (Å²) in [6.07, 6.45) is 1.69. The van der Waals surface area contributed by atoms with Gasteiger partial charge in [0.2, 0.25) is 0 Å². The van der Waals surface area contributed by atoms with E-state index in [1.54, 1.807) is 49.5 Å². The van der Waals surface area contributed by atoms with Crippen LogP contribution in [0.3, 0.4) is 0 Å². The second kappa shape index (κ2) is 8.81. The zero-order valence-corrected chi connectivity index (χ0v) is 15.9. The van der Waals surface area contributed by atoms with Crippen LogP contribution in [-0.4, -0.2) is 17.0 Å². The first-order chi connectivity index (χ1) is 13.6. The van der Waals surface area contributed by atoms with Crippen LogP contribution in [0, 0.1) is 22.7 Å². The van der Waals surface area contributed by atoms with Crippen LogP contribution in [0.4, 0.5) is 5.13 Å². The molecule has 3 aromatic rings. The summed E-state index contributed by atoms with van der Waals surface area (Å²) in [4.78, 5) is 17.6. The number of thiazole rings is 1. The van der Waals surface area contributed by atoms with E-state index in [-0.39, 0.29) is 5.91 Å². The predicted octanol–water partition coefficient (Wildman–Crippen LogP) is 3.88. The third-order valence-electron chi connectivity index (χ3n) is 3.91. The lowest BCUT2D eigenvalue weighted by Gasteiger charge is -2.13. The van der Waals surface area contributed by atoms with Gasteiger partial charge in [0.05, 0.1) is 23.3 Å². The summed E-state index contributed by atoms with van der Waals surface area (Å²) in [6.45, 7) is 1.65. The minimum Gasteiger partial charge on any atom is -0.481 e. The largest absolute Gasteiger partial charge is 0.481 e. The van der Waals surface area contributed by atoms with Gasteiger partial charge in [-0.15, -0.1) is 11.3 Å². The molecule has 0 aliphatic carbocycles. The third-order valence-corrected chi connectivity index (χ3v) is 4.82. The summed E-state index contributed by atoms with van der Waals surface area (Å²) in [5, 5.41) is 20.9. The maximum absolute atomic E-state index is 12.3. The van der Waals surface area contributed by atoms with Crippen molar-refractivity contribution in [3.8, 4) is 17.9 Å². The molecule has 1 N–H and O–H groups in total. The molecule has 3 rings (SSSR count). The second-order valence-electron chi connectivity index (χ2n) is 6.00. The smallest absolute Gasteiger partial charge is 0.266 e. The van der Waals surface area contributed by atoms with Crippen molar-refractivity contribution in [2.45, 2.75) is 19.4 Å². The molecule has 0 saturated heterocycles. The zero-order chi connectivity index (χ0) is 19.9. The number of nitrogens with zero attached hydrogens (tertiary/aromatic N) is 3. The molecule has 2 aromatic carbocycles. The SMILES string of the molecule is CC(Oc1ccc(C#N)cc1)C(=O)Nc1ncc(Cc2ccc(C#N)cc2)s1. The van der Waals surface area contributed by atoms with Gasteiger partial charge in [0, 0.05) is 17.5 Å². The molecule has 0 spiro atoms. The molecule has 1 unspecified atom stereocenters. The van der Waals surface area contributed by atoms with Gasteiger partial charge in [-0.3, -0.25) is 10.1 Å². The van der Waals surface area contributed by atoms with E-state index < -0.39 is 6.10 Å². The maximum atomic E-state index is 12.3. The van der Waals surface area contributed by atoms with E-state index in [1.807, 2.05) is 18.2 Å². The molecular formula is C21H16N4O2S. The molecule has 0 saturated carbocycles. The molecular weight excluding hydrogens is 372 g/mol. The van der Waals surface area contributed by atoms with Crippen LogP contribution in [0.2, 0.25) is 0 Å². The summed E-state index contributed by atoms with van der Waals surface area (Å²) < 4.78 is 5.60. The summed E-state index contributed by atoms with van der Waals surface area (Å²) in [7, 11) is 0. The Morgan fingerprint density at radius 3 is 2.32 bits per heavy atom. The molecule has 138 valence electrons. The van der Waals surface area contributed by atoms with Crippen LogP contribution < -0.4 is 10.1 Å². The number of benzene rings is 2. The van der Waals surface area contributed by atoms with Gasteiger partial charge in [0.15, 0.2) is 11.2 Å². The monoisotopic (exact) mass is 388 g/mol. The lowest BCUT2D eigenvalue weighted by atomic mass is 10.1. The van der Waals surface area contributed by atoms with E-state index in [2.05, 4.69) is 16.4 Å². The van der Waals surface area contributed by atoms with Crippen molar-refractivity contribution in [1.29, 1.82) is 10.5 Å². The maximum Gasteiger partial charge on any atom is 0.266 e. The van der Waals surface area contributed by atoms with Gasteiger partial charge in [0.1, 0.15) is 5.75 Å². The van der Waals surface area contributed by atoms with Crippen molar-refractivity contribution < 1.29 is 9.53 Å². The average Bonchev–Trinajstić information content (AvgIpc) is 3.15. The highest BCUT2D eigenvalue weighted by atomic mass is 32.1. The Bertz CT molecular complexity index is 1040. The third kappa shape index (κ3) is 4.94. The Hall–Kier alpha value is -3.68. The van der Waals surface area contributed by atoms with E-state index in [1.165, 1.54) is 11.3 Å². The van der Waals surface area contributed by atoms with Crippen molar-refractivity contribution in [2.75, 3.05) is 5.32 Å². The Kier molecular flexibility index (Phi) is 6.01. The molecule has 1 amide bonds. The molecule has 28 heavy (non-hydrogen) atoms. The fourth-order valence-corrected chi connectivity index (χ4v) is 3.27. The van der Waals surface area contributed by atoms with Gasteiger partial charge in [-0.1, -0.05) is 12.1 Å². The molecule has 0 bridgehead atoms. The number of aromatic nitrogens is 1.